The van der Waals surface area contributed by atoms with Crippen molar-refractivity contribution in [3.63, 3.8) is 0 Å². The lowest BCUT2D eigenvalue weighted by atomic mass is 10.1. The van der Waals surface area contributed by atoms with Crippen molar-refractivity contribution in [1.82, 2.24) is 14.3 Å². The maximum absolute atomic E-state index is 13.3. The molecule has 0 bridgehead atoms. The topological polar surface area (TPSA) is 103 Å². The summed E-state index contributed by atoms with van der Waals surface area (Å²) in [6.07, 6.45) is 3.95. The molecule has 2 heterocycles. The van der Waals surface area contributed by atoms with Crippen LogP contribution in [-0.2, 0) is 17.1 Å². The van der Waals surface area contributed by atoms with E-state index in [4.69, 9.17) is 4.74 Å². The zero-order valence-electron chi connectivity index (χ0n) is 20.2. The van der Waals surface area contributed by atoms with Gasteiger partial charge in [-0.1, -0.05) is 31.0 Å². The molecule has 3 aromatic rings. The van der Waals surface area contributed by atoms with Crippen molar-refractivity contribution in [2.45, 2.75) is 37.5 Å². The fourth-order valence-corrected chi connectivity index (χ4v) is 5.49. The normalized spacial score (nSPS) is 14.4. The maximum Gasteiger partial charge on any atom is 0.296 e. The Morgan fingerprint density at radius 3 is 2.29 bits per heavy atom. The van der Waals surface area contributed by atoms with Crippen LogP contribution >= 0.6 is 0 Å². The molecule has 1 saturated heterocycles. The van der Waals surface area contributed by atoms with Gasteiger partial charge in [-0.25, -0.2) is 13.1 Å². The number of aromatic nitrogens is 2. The largest absolute Gasteiger partial charge is 0.496 e. The SMILES string of the molecule is COc1ccc(S(=O)(=O)Nc2c(C)n(C)n(-c3ccccc3)c2=O)cc1C(=O)N1CCCCCC1. The standard InChI is InChI=1S/C25H30N4O5S/c1-18-23(25(31)29(27(18)2)19-11-7-6-8-12-19)26-35(32,33)20-13-14-22(34-3)21(17-20)24(30)28-15-9-4-5-10-16-28/h6-8,11-14,17,26H,4-5,9-10,15-16H2,1-3H3. The molecule has 1 aliphatic rings. The van der Waals surface area contributed by atoms with Crippen LogP contribution in [0.3, 0.4) is 0 Å². The molecular weight excluding hydrogens is 468 g/mol. The van der Waals surface area contributed by atoms with Crippen LogP contribution in [0, 0.1) is 6.92 Å². The van der Waals surface area contributed by atoms with E-state index in [0.29, 0.717) is 30.2 Å². The molecule has 1 amide bonds. The van der Waals surface area contributed by atoms with Crippen LogP contribution in [0.5, 0.6) is 5.75 Å². The Morgan fingerprint density at radius 1 is 1.00 bits per heavy atom. The second-order valence-corrected chi connectivity index (χ2v) is 10.3. The van der Waals surface area contributed by atoms with Crippen LogP contribution in [0.1, 0.15) is 41.7 Å². The van der Waals surface area contributed by atoms with Crippen molar-refractivity contribution in [3.8, 4) is 11.4 Å². The van der Waals surface area contributed by atoms with E-state index in [1.54, 1.807) is 47.8 Å². The van der Waals surface area contributed by atoms with Gasteiger partial charge in [0.1, 0.15) is 11.4 Å². The molecule has 10 heteroatoms. The summed E-state index contributed by atoms with van der Waals surface area (Å²) in [5.41, 5.74) is 0.714. The summed E-state index contributed by atoms with van der Waals surface area (Å²) in [7, 11) is -1.03. The molecule has 1 aliphatic heterocycles. The highest BCUT2D eigenvalue weighted by atomic mass is 32.2. The van der Waals surface area contributed by atoms with E-state index in [-0.39, 0.29) is 22.1 Å². The Labute approximate surface area is 205 Å². The summed E-state index contributed by atoms with van der Waals surface area (Å²) >= 11 is 0. The maximum atomic E-state index is 13.3. The Morgan fingerprint density at radius 2 is 1.66 bits per heavy atom. The molecule has 0 aliphatic carbocycles. The summed E-state index contributed by atoms with van der Waals surface area (Å²) < 4.78 is 37.5. The third-order valence-corrected chi connectivity index (χ3v) is 7.74. The minimum atomic E-state index is -4.17. The van der Waals surface area contributed by atoms with Gasteiger partial charge in [0.2, 0.25) is 0 Å². The molecule has 4 rings (SSSR count). The molecular formula is C25H30N4O5S. The summed E-state index contributed by atoms with van der Waals surface area (Å²) in [4.78, 5) is 28.1. The number of likely N-dealkylation sites (tertiary alicyclic amines) is 1. The zero-order valence-corrected chi connectivity index (χ0v) is 21.0. The predicted octanol–water partition coefficient (Wildman–Crippen LogP) is 3.31. The van der Waals surface area contributed by atoms with Gasteiger partial charge >= 0.3 is 0 Å². The van der Waals surface area contributed by atoms with Gasteiger partial charge < -0.3 is 9.64 Å². The number of para-hydroxylation sites is 1. The number of rotatable bonds is 6. The molecule has 186 valence electrons. The number of methoxy groups -OCH3 is 1. The van der Waals surface area contributed by atoms with Gasteiger partial charge in [0.15, 0.2) is 0 Å². The van der Waals surface area contributed by atoms with Crippen molar-refractivity contribution >= 4 is 21.6 Å². The number of nitrogens with one attached hydrogen (secondary N) is 1. The van der Waals surface area contributed by atoms with Crippen LogP contribution in [0.15, 0.2) is 58.2 Å². The van der Waals surface area contributed by atoms with E-state index < -0.39 is 15.6 Å². The highest BCUT2D eigenvalue weighted by Crippen LogP contribution is 2.27. The Kier molecular flexibility index (Phi) is 7.02. The molecule has 1 fully saturated rings. The summed E-state index contributed by atoms with van der Waals surface area (Å²) in [6, 6.07) is 13.1. The Hall–Kier alpha value is -3.53. The van der Waals surface area contributed by atoms with Gasteiger partial charge in [-0.3, -0.25) is 19.0 Å². The monoisotopic (exact) mass is 498 g/mol. The molecule has 35 heavy (non-hydrogen) atoms. The number of benzene rings is 2. The number of nitrogens with zero attached hydrogens (tertiary/aromatic N) is 3. The molecule has 1 aromatic heterocycles. The minimum absolute atomic E-state index is 0.0486. The highest BCUT2D eigenvalue weighted by molar-refractivity contribution is 7.92. The van der Waals surface area contributed by atoms with E-state index >= 15 is 0 Å². The molecule has 0 radical (unpaired) electrons. The third-order valence-electron chi connectivity index (χ3n) is 6.40. The first kappa shape index (κ1) is 24.6. The first-order valence-electron chi connectivity index (χ1n) is 11.6. The smallest absolute Gasteiger partial charge is 0.296 e. The second-order valence-electron chi connectivity index (χ2n) is 8.61. The molecule has 2 aromatic carbocycles. The number of sulfonamides is 1. The van der Waals surface area contributed by atoms with E-state index in [1.807, 2.05) is 6.07 Å². The molecule has 9 nitrogen and oxygen atoms in total. The highest BCUT2D eigenvalue weighted by Gasteiger charge is 2.26. The second kappa shape index (κ2) is 9.99. The quantitative estimate of drug-likeness (QED) is 0.562. The van der Waals surface area contributed by atoms with Crippen molar-refractivity contribution < 1.29 is 17.9 Å². The van der Waals surface area contributed by atoms with Gasteiger partial charge in [-0.05, 0) is 50.1 Å². The van der Waals surface area contributed by atoms with E-state index in [1.165, 1.54) is 30.0 Å². The van der Waals surface area contributed by atoms with Crippen LogP contribution in [0.4, 0.5) is 5.69 Å². The zero-order chi connectivity index (χ0) is 25.2. The summed E-state index contributed by atoms with van der Waals surface area (Å²) in [5.74, 6) is 0.0450. The number of anilines is 1. The average molecular weight is 499 g/mol. The third kappa shape index (κ3) is 4.84. The van der Waals surface area contributed by atoms with Crippen LogP contribution < -0.4 is 15.0 Å². The van der Waals surface area contributed by atoms with Crippen molar-refractivity contribution in [2.24, 2.45) is 7.05 Å². The first-order chi connectivity index (χ1) is 16.7. The number of carbonyl (C=O) groups is 1. The predicted molar refractivity (Wildman–Crippen MR) is 134 cm³/mol. The van der Waals surface area contributed by atoms with Gasteiger partial charge in [0, 0.05) is 20.1 Å². The van der Waals surface area contributed by atoms with Gasteiger partial charge in [-0.2, -0.15) is 0 Å². The number of carbonyl (C=O) groups excluding carboxylic acids is 1. The van der Waals surface area contributed by atoms with E-state index in [9.17, 15) is 18.0 Å². The van der Waals surface area contributed by atoms with Gasteiger partial charge in [0.05, 0.1) is 29.0 Å². The molecule has 0 atom stereocenters. The lowest BCUT2D eigenvalue weighted by molar-refractivity contribution is 0.0758. The van der Waals surface area contributed by atoms with Crippen molar-refractivity contribution in [2.75, 3.05) is 24.9 Å². The van der Waals surface area contributed by atoms with Gasteiger partial charge in [0.25, 0.3) is 21.5 Å². The fourth-order valence-electron chi connectivity index (χ4n) is 4.34. The number of hydrogen-bond acceptors (Lipinski definition) is 5. The lowest BCUT2D eigenvalue weighted by Crippen LogP contribution is -2.32. The lowest BCUT2D eigenvalue weighted by Gasteiger charge is -2.22. The first-order valence-corrected chi connectivity index (χ1v) is 13.1. The average Bonchev–Trinajstić information content (AvgIpc) is 3.06. The molecule has 0 spiro atoms. The summed E-state index contributed by atoms with van der Waals surface area (Å²) in [5, 5.41) is 0. The summed E-state index contributed by atoms with van der Waals surface area (Å²) in [6.45, 7) is 2.92. The molecule has 0 saturated carbocycles. The van der Waals surface area contributed by atoms with Crippen molar-refractivity contribution in [1.29, 1.82) is 0 Å². The van der Waals surface area contributed by atoms with E-state index in [2.05, 4.69) is 4.72 Å². The Balaban J connectivity index is 1.70. The van der Waals surface area contributed by atoms with Crippen LogP contribution in [-0.4, -0.2) is 48.8 Å². The number of ether oxygens (including phenoxy) is 1. The number of hydrogen-bond donors (Lipinski definition) is 1. The van der Waals surface area contributed by atoms with Crippen molar-refractivity contribution in [3.05, 3.63) is 70.1 Å². The Bertz CT molecular complexity index is 1390. The minimum Gasteiger partial charge on any atom is -0.496 e. The van der Waals surface area contributed by atoms with Crippen LogP contribution in [0.25, 0.3) is 5.69 Å². The van der Waals surface area contributed by atoms with Crippen LogP contribution in [0.2, 0.25) is 0 Å². The fraction of sp³-hybridized carbons (Fsp3) is 0.360. The van der Waals surface area contributed by atoms with Gasteiger partial charge in [-0.15, -0.1) is 0 Å². The number of amides is 1. The van der Waals surface area contributed by atoms with E-state index in [0.717, 1.165) is 25.7 Å². The molecule has 1 N–H and O–H groups in total. The molecule has 0 unspecified atom stereocenters.